The van der Waals surface area contributed by atoms with E-state index in [-0.39, 0.29) is 18.2 Å². The zero-order valence-electron chi connectivity index (χ0n) is 12.9. The largest absolute Gasteiger partial charge is 0.451 e. The lowest BCUT2D eigenvalue weighted by atomic mass is 10.1. The molecule has 8 heteroatoms. The van der Waals surface area contributed by atoms with Crippen molar-refractivity contribution in [3.8, 4) is 0 Å². The highest BCUT2D eigenvalue weighted by molar-refractivity contribution is 7.20. The van der Waals surface area contributed by atoms with E-state index in [1.807, 2.05) is 0 Å². The van der Waals surface area contributed by atoms with E-state index in [2.05, 4.69) is 0 Å². The molecule has 0 atom stereocenters. The number of piperidine rings is 1. The third-order valence-corrected chi connectivity index (χ3v) is 5.04. The Hall–Kier alpha value is -2.48. The van der Waals surface area contributed by atoms with E-state index >= 15 is 0 Å². The molecular weight excluding hydrogens is 332 g/mol. The summed E-state index contributed by atoms with van der Waals surface area (Å²) in [5, 5.41) is 11.4. The van der Waals surface area contributed by atoms with Crippen LogP contribution in [0.3, 0.4) is 0 Å². The van der Waals surface area contributed by atoms with Gasteiger partial charge in [-0.05, 0) is 31.4 Å². The van der Waals surface area contributed by atoms with Gasteiger partial charge in [0.1, 0.15) is 4.88 Å². The molecule has 1 aromatic heterocycles. The molecule has 2 heterocycles. The second-order valence-corrected chi connectivity index (χ2v) is 6.69. The number of hydrogen-bond acceptors (Lipinski definition) is 6. The number of esters is 1. The lowest BCUT2D eigenvalue weighted by Crippen LogP contribution is -2.38. The number of benzene rings is 1. The Balaban J connectivity index is 1.65. The molecule has 0 bridgehead atoms. The zero-order chi connectivity index (χ0) is 17.1. The Morgan fingerprint density at radius 1 is 1.21 bits per heavy atom. The molecule has 2 aromatic rings. The number of rotatable bonds is 4. The van der Waals surface area contributed by atoms with Gasteiger partial charge in [0, 0.05) is 35.3 Å². The van der Waals surface area contributed by atoms with Gasteiger partial charge in [0.15, 0.2) is 6.61 Å². The van der Waals surface area contributed by atoms with Gasteiger partial charge in [-0.25, -0.2) is 4.79 Å². The molecule has 24 heavy (non-hydrogen) atoms. The maximum absolute atomic E-state index is 12.1. The number of nitro benzene ring substituents is 1. The summed E-state index contributed by atoms with van der Waals surface area (Å²) >= 11 is 1.19. The van der Waals surface area contributed by atoms with Crippen molar-refractivity contribution in [1.29, 1.82) is 0 Å². The smallest absolute Gasteiger partial charge is 0.348 e. The SMILES string of the molecule is O=C(OCC(=O)N1CCCCC1)c1cc2cc([N+](=O)[O-])ccc2s1. The number of hydrogen-bond donors (Lipinski definition) is 0. The number of ether oxygens (including phenoxy) is 1. The molecule has 0 unspecified atom stereocenters. The van der Waals surface area contributed by atoms with E-state index in [0.29, 0.717) is 23.4 Å². The summed E-state index contributed by atoms with van der Waals surface area (Å²) in [6, 6.07) is 5.98. The summed E-state index contributed by atoms with van der Waals surface area (Å²) < 4.78 is 5.86. The van der Waals surface area contributed by atoms with Crippen LogP contribution in [-0.2, 0) is 9.53 Å². The third-order valence-electron chi connectivity index (χ3n) is 3.95. The van der Waals surface area contributed by atoms with Crippen LogP contribution in [0.5, 0.6) is 0 Å². The molecule has 1 aliphatic heterocycles. The van der Waals surface area contributed by atoms with Crippen LogP contribution in [0.4, 0.5) is 5.69 Å². The maximum Gasteiger partial charge on any atom is 0.348 e. The molecule has 1 aliphatic rings. The van der Waals surface area contributed by atoms with Gasteiger partial charge < -0.3 is 9.64 Å². The van der Waals surface area contributed by atoms with Crippen LogP contribution in [-0.4, -0.2) is 41.4 Å². The first-order valence-corrected chi connectivity index (χ1v) is 8.49. The van der Waals surface area contributed by atoms with E-state index in [1.165, 1.54) is 23.5 Å². The monoisotopic (exact) mass is 348 g/mol. The van der Waals surface area contributed by atoms with Crippen LogP contribution in [0.2, 0.25) is 0 Å². The van der Waals surface area contributed by atoms with E-state index in [4.69, 9.17) is 4.74 Å². The molecule has 0 saturated carbocycles. The number of carbonyl (C=O) groups excluding carboxylic acids is 2. The van der Waals surface area contributed by atoms with Gasteiger partial charge in [-0.2, -0.15) is 0 Å². The maximum atomic E-state index is 12.1. The van der Waals surface area contributed by atoms with Gasteiger partial charge in [-0.1, -0.05) is 0 Å². The summed E-state index contributed by atoms with van der Waals surface area (Å²) in [6.45, 7) is 1.15. The molecule has 0 N–H and O–H groups in total. The Kier molecular flexibility index (Phi) is 4.75. The fourth-order valence-corrected chi connectivity index (χ4v) is 3.61. The number of likely N-dealkylation sites (tertiary alicyclic amines) is 1. The number of nitrogens with zero attached hydrogens (tertiary/aromatic N) is 2. The predicted octanol–water partition coefficient (Wildman–Crippen LogP) is 2.98. The minimum Gasteiger partial charge on any atom is -0.451 e. The topological polar surface area (TPSA) is 89.8 Å². The highest BCUT2D eigenvalue weighted by atomic mass is 32.1. The number of nitro groups is 1. The first-order valence-electron chi connectivity index (χ1n) is 7.67. The minimum absolute atomic E-state index is 0.0273. The second kappa shape index (κ2) is 6.96. The first kappa shape index (κ1) is 16.4. The van der Waals surface area contributed by atoms with Gasteiger partial charge >= 0.3 is 5.97 Å². The third kappa shape index (κ3) is 3.53. The van der Waals surface area contributed by atoms with E-state index in [9.17, 15) is 19.7 Å². The van der Waals surface area contributed by atoms with Crippen molar-refractivity contribution in [2.75, 3.05) is 19.7 Å². The Labute approximate surface area is 142 Å². The highest BCUT2D eigenvalue weighted by Crippen LogP contribution is 2.29. The summed E-state index contributed by atoms with van der Waals surface area (Å²) in [6.07, 6.45) is 3.08. The second-order valence-electron chi connectivity index (χ2n) is 5.61. The van der Waals surface area contributed by atoms with Crippen LogP contribution in [0, 0.1) is 10.1 Å². The lowest BCUT2D eigenvalue weighted by Gasteiger charge is -2.26. The van der Waals surface area contributed by atoms with E-state index in [1.54, 1.807) is 17.0 Å². The quantitative estimate of drug-likeness (QED) is 0.481. The summed E-state index contributed by atoms with van der Waals surface area (Å²) in [4.78, 5) is 36.5. The zero-order valence-corrected chi connectivity index (χ0v) is 13.7. The van der Waals surface area contributed by atoms with Crippen LogP contribution < -0.4 is 0 Å². The standard InChI is InChI=1S/C16H16N2O5S/c19-15(17-6-2-1-3-7-17)10-23-16(20)14-9-11-8-12(18(21)22)4-5-13(11)24-14/h4-5,8-9H,1-3,6-7,10H2. The van der Waals surface area contributed by atoms with Gasteiger partial charge in [-0.3, -0.25) is 14.9 Å². The molecular formula is C16H16N2O5S. The molecule has 1 amide bonds. The molecule has 126 valence electrons. The van der Waals surface area contributed by atoms with Crippen LogP contribution >= 0.6 is 11.3 Å². The predicted molar refractivity (Wildman–Crippen MR) is 89.2 cm³/mol. The van der Waals surface area contributed by atoms with Crippen molar-refractivity contribution < 1.29 is 19.2 Å². The number of thiophene rings is 1. The highest BCUT2D eigenvalue weighted by Gasteiger charge is 2.19. The molecule has 0 aliphatic carbocycles. The van der Waals surface area contributed by atoms with Crippen LogP contribution in [0.1, 0.15) is 28.9 Å². The molecule has 1 fully saturated rings. The van der Waals surface area contributed by atoms with Gasteiger partial charge in [0.05, 0.1) is 4.92 Å². The average molecular weight is 348 g/mol. The van der Waals surface area contributed by atoms with Crippen molar-refractivity contribution in [3.05, 3.63) is 39.3 Å². The van der Waals surface area contributed by atoms with Crippen molar-refractivity contribution in [1.82, 2.24) is 4.90 Å². The van der Waals surface area contributed by atoms with E-state index < -0.39 is 10.9 Å². The first-order chi connectivity index (χ1) is 11.5. The number of non-ortho nitro benzene ring substituents is 1. The summed E-state index contributed by atoms with van der Waals surface area (Å²) in [5.41, 5.74) is -0.0273. The Morgan fingerprint density at radius 2 is 1.96 bits per heavy atom. The Morgan fingerprint density at radius 3 is 2.67 bits per heavy atom. The normalized spacial score (nSPS) is 14.6. The van der Waals surface area contributed by atoms with Gasteiger partial charge in [0.25, 0.3) is 11.6 Å². The number of carbonyl (C=O) groups is 2. The minimum atomic E-state index is -0.579. The van der Waals surface area contributed by atoms with Crippen molar-refractivity contribution in [2.45, 2.75) is 19.3 Å². The summed E-state index contributed by atoms with van der Waals surface area (Å²) in [7, 11) is 0. The fourth-order valence-electron chi connectivity index (χ4n) is 2.68. The van der Waals surface area contributed by atoms with E-state index in [0.717, 1.165) is 24.0 Å². The Bertz CT molecular complexity index is 795. The molecule has 3 rings (SSSR count). The fraction of sp³-hybridized carbons (Fsp3) is 0.375. The average Bonchev–Trinajstić information content (AvgIpc) is 3.03. The van der Waals surface area contributed by atoms with Gasteiger partial charge in [-0.15, -0.1) is 11.3 Å². The summed E-state index contributed by atoms with van der Waals surface area (Å²) in [5.74, 6) is -0.760. The number of fused-ring (bicyclic) bond motifs is 1. The number of amides is 1. The lowest BCUT2D eigenvalue weighted by molar-refractivity contribution is -0.384. The molecule has 7 nitrogen and oxygen atoms in total. The van der Waals surface area contributed by atoms with Crippen molar-refractivity contribution in [2.24, 2.45) is 0 Å². The van der Waals surface area contributed by atoms with Crippen molar-refractivity contribution in [3.63, 3.8) is 0 Å². The van der Waals surface area contributed by atoms with Crippen LogP contribution in [0.15, 0.2) is 24.3 Å². The molecule has 1 aromatic carbocycles. The van der Waals surface area contributed by atoms with Crippen LogP contribution in [0.25, 0.3) is 10.1 Å². The molecule has 0 spiro atoms. The van der Waals surface area contributed by atoms with Crippen molar-refractivity contribution >= 4 is 39.0 Å². The molecule has 1 saturated heterocycles. The molecule has 0 radical (unpaired) electrons. The van der Waals surface area contributed by atoms with Gasteiger partial charge in [0.2, 0.25) is 0 Å².